The van der Waals surface area contributed by atoms with E-state index < -0.39 is 11.7 Å². The van der Waals surface area contributed by atoms with Gasteiger partial charge in [0.15, 0.2) is 0 Å². The second kappa shape index (κ2) is 4.72. The summed E-state index contributed by atoms with van der Waals surface area (Å²) in [6, 6.07) is 3.06. The average molecular weight is 248 g/mol. The van der Waals surface area contributed by atoms with E-state index in [2.05, 4.69) is 4.84 Å². The molecule has 0 fully saturated rings. The van der Waals surface area contributed by atoms with Crippen molar-refractivity contribution in [2.75, 3.05) is 0 Å². The molecule has 0 amide bonds. The molecule has 0 saturated heterocycles. The quantitative estimate of drug-likeness (QED) is 0.775. The van der Waals surface area contributed by atoms with Crippen molar-refractivity contribution in [1.82, 2.24) is 0 Å². The van der Waals surface area contributed by atoms with Gasteiger partial charge in [0.2, 0.25) is 0 Å². The molecule has 0 radical (unpaired) electrons. The number of halogens is 5. The Bertz CT molecular complexity index is 316. The van der Waals surface area contributed by atoms with Crippen LogP contribution in [0.5, 0.6) is 5.75 Å². The number of hydrogen-bond acceptors (Lipinski definition) is 2. The van der Waals surface area contributed by atoms with Crippen molar-refractivity contribution >= 4 is 24.0 Å². The molecule has 0 bridgehead atoms. The molecular weight excluding hydrogens is 242 g/mol. The van der Waals surface area contributed by atoms with Gasteiger partial charge in [-0.15, -0.1) is 12.4 Å². The summed E-state index contributed by atoms with van der Waals surface area (Å²) in [5, 5.41) is -0.381. The molecule has 0 heterocycles. The molecular formula is C7H6Cl2F3NO. The van der Waals surface area contributed by atoms with Gasteiger partial charge in [-0.05, 0) is 18.2 Å². The second-order valence-corrected chi connectivity index (χ2v) is 2.66. The van der Waals surface area contributed by atoms with Gasteiger partial charge in [0.05, 0.1) is 10.6 Å². The molecule has 0 spiro atoms. The summed E-state index contributed by atoms with van der Waals surface area (Å²) in [6.07, 6.45) is -4.49. The fraction of sp³-hybridized carbons (Fsp3) is 0.143. The van der Waals surface area contributed by atoms with Crippen molar-refractivity contribution < 1.29 is 18.0 Å². The molecule has 1 aromatic rings. The van der Waals surface area contributed by atoms with E-state index in [9.17, 15) is 13.2 Å². The smallest absolute Gasteiger partial charge is 0.412 e. The van der Waals surface area contributed by atoms with Crippen LogP contribution in [-0.4, -0.2) is 0 Å². The molecule has 1 rings (SSSR count). The first-order valence-corrected chi connectivity index (χ1v) is 3.56. The maximum Gasteiger partial charge on any atom is 0.417 e. The molecule has 0 aliphatic rings. The minimum atomic E-state index is -4.49. The molecule has 1 aromatic carbocycles. The van der Waals surface area contributed by atoms with E-state index in [0.717, 1.165) is 12.1 Å². The Morgan fingerprint density at radius 1 is 1.29 bits per heavy atom. The lowest BCUT2D eigenvalue weighted by Gasteiger charge is -2.09. The maximum absolute atomic E-state index is 12.2. The Kier molecular flexibility index (Phi) is 4.51. The molecule has 0 aromatic heterocycles. The van der Waals surface area contributed by atoms with E-state index in [1.54, 1.807) is 0 Å². The summed E-state index contributed by atoms with van der Waals surface area (Å²) in [5.74, 6) is 4.62. The number of rotatable bonds is 1. The zero-order valence-electron chi connectivity index (χ0n) is 6.64. The summed E-state index contributed by atoms with van der Waals surface area (Å²) < 4.78 is 36.6. The molecule has 0 atom stereocenters. The van der Waals surface area contributed by atoms with Crippen molar-refractivity contribution in [2.24, 2.45) is 5.90 Å². The molecule has 7 heteroatoms. The summed E-state index contributed by atoms with van der Waals surface area (Å²) >= 11 is 5.32. The highest BCUT2D eigenvalue weighted by Crippen LogP contribution is 2.36. The number of hydrogen-bond donors (Lipinski definition) is 1. The Morgan fingerprint density at radius 3 is 2.29 bits per heavy atom. The van der Waals surface area contributed by atoms with Crippen molar-refractivity contribution in [3.63, 3.8) is 0 Å². The van der Waals surface area contributed by atoms with Crippen LogP contribution in [0, 0.1) is 0 Å². The van der Waals surface area contributed by atoms with Gasteiger partial charge in [-0.3, -0.25) is 0 Å². The van der Waals surface area contributed by atoms with Crippen LogP contribution in [-0.2, 0) is 6.18 Å². The van der Waals surface area contributed by atoms with Crippen LogP contribution in [0.15, 0.2) is 18.2 Å². The zero-order valence-corrected chi connectivity index (χ0v) is 8.21. The van der Waals surface area contributed by atoms with Gasteiger partial charge in [-0.2, -0.15) is 19.1 Å². The van der Waals surface area contributed by atoms with Gasteiger partial charge >= 0.3 is 6.18 Å². The Morgan fingerprint density at radius 2 is 1.86 bits per heavy atom. The molecule has 0 aliphatic carbocycles. The van der Waals surface area contributed by atoms with Gasteiger partial charge in [-0.1, -0.05) is 11.6 Å². The maximum atomic E-state index is 12.2. The lowest BCUT2D eigenvalue weighted by molar-refractivity contribution is -0.137. The van der Waals surface area contributed by atoms with E-state index in [1.165, 1.54) is 6.07 Å². The van der Waals surface area contributed by atoms with E-state index in [1.807, 2.05) is 0 Å². The highest BCUT2D eigenvalue weighted by atomic mass is 35.5. The normalized spacial score (nSPS) is 10.6. The number of alkyl halides is 3. The predicted octanol–water partition coefficient (Wildman–Crippen LogP) is 3.03. The van der Waals surface area contributed by atoms with Crippen molar-refractivity contribution in [1.29, 1.82) is 0 Å². The third-order valence-corrected chi connectivity index (χ3v) is 1.71. The topological polar surface area (TPSA) is 35.2 Å². The standard InChI is InChI=1S/C7H5ClF3NO.ClH/c8-6-2-1-4(13-12)3-5(6)7(9,10)11;/h1-3H,12H2;1H. The Balaban J connectivity index is 0.00000169. The predicted molar refractivity (Wildman–Crippen MR) is 48.5 cm³/mol. The molecule has 0 aliphatic heterocycles. The van der Waals surface area contributed by atoms with Gasteiger partial charge in [0, 0.05) is 0 Å². The van der Waals surface area contributed by atoms with Crippen LogP contribution in [0.2, 0.25) is 5.02 Å². The van der Waals surface area contributed by atoms with Crippen molar-refractivity contribution in [3.8, 4) is 5.75 Å². The highest BCUT2D eigenvalue weighted by Gasteiger charge is 2.33. The van der Waals surface area contributed by atoms with Crippen LogP contribution in [0.25, 0.3) is 0 Å². The lowest BCUT2D eigenvalue weighted by atomic mass is 10.2. The lowest BCUT2D eigenvalue weighted by Crippen LogP contribution is -2.08. The van der Waals surface area contributed by atoms with Crippen LogP contribution >= 0.6 is 24.0 Å². The van der Waals surface area contributed by atoms with Gasteiger partial charge in [-0.25, -0.2) is 0 Å². The molecule has 2 N–H and O–H groups in total. The van der Waals surface area contributed by atoms with Crippen LogP contribution in [0.4, 0.5) is 13.2 Å². The van der Waals surface area contributed by atoms with Crippen LogP contribution < -0.4 is 10.7 Å². The van der Waals surface area contributed by atoms with Gasteiger partial charge in [0.25, 0.3) is 0 Å². The van der Waals surface area contributed by atoms with Crippen LogP contribution in [0.1, 0.15) is 5.56 Å². The van der Waals surface area contributed by atoms with E-state index in [4.69, 9.17) is 17.5 Å². The molecule has 80 valence electrons. The minimum Gasteiger partial charge on any atom is -0.412 e. The Hall–Kier alpha value is -0.650. The zero-order chi connectivity index (χ0) is 10.1. The number of nitrogens with two attached hydrogens (primary N) is 1. The Labute approximate surface area is 89.2 Å². The second-order valence-electron chi connectivity index (χ2n) is 2.26. The van der Waals surface area contributed by atoms with Gasteiger partial charge < -0.3 is 4.84 Å². The fourth-order valence-corrected chi connectivity index (χ4v) is 1.02. The average Bonchev–Trinajstić information content (AvgIpc) is 2.03. The number of benzene rings is 1. The SMILES string of the molecule is Cl.NOc1ccc(Cl)c(C(F)(F)F)c1. The highest BCUT2D eigenvalue weighted by molar-refractivity contribution is 6.31. The first-order chi connectivity index (χ1) is 5.95. The monoisotopic (exact) mass is 247 g/mol. The van der Waals surface area contributed by atoms with E-state index >= 15 is 0 Å². The third-order valence-electron chi connectivity index (χ3n) is 1.38. The molecule has 14 heavy (non-hydrogen) atoms. The molecule has 2 nitrogen and oxygen atoms in total. The fourth-order valence-electron chi connectivity index (χ4n) is 0.795. The summed E-state index contributed by atoms with van der Waals surface area (Å²) in [4.78, 5) is 4.15. The molecule has 0 unspecified atom stereocenters. The first-order valence-electron chi connectivity index (χ1n) is 3.18. The largest absolute Gasteiger partial charge is 0.417 e. The van der Waals surface area contributed by atoms with Gasteiger partial charge in [0.1, 0.15) is 5.75 Å². The van der Waals surface area contributed by atoms with E-state index in [0.29, 0.717) is 0 Å². The van der Waals surface area contributed by atoms with Crippen molar-refractivity contribution in [3.05, 3.63) is 28.8 Å². The first kappa shape index (κ1) is 13.4. The molecule has 0 saturated carbocycles. The van der Waals surface area contributed by atoms with Crippen molar-refractivity contribution in [2.45, 2.75) is 6.18 Å². The minimum absolute atomic E-state index is 0. The summed E-state index contributed by atoms with van der Waals surface area (Å²) in [5.41, 5.74) is -0.961. The van der Waals surface area contributed by atoms with Crippen LogP contribution in [0.3, 0.4) is 0 Å². The van der Waals surface area contributed by atoms with E-state index in [-0.39, 0.29) is 23.2 Å². The summed E-state index contributed by atoms with van der Waals surface area (Å²) in [6.45, 7) is 0. The summed E-state index contributed by atoms with van der Waals surface area (Å²) in [7, 11) is 0. The third kappa shape index (κ3) is 2.94.